The van der Waals surface area contributed by atoms with E-state index in [1.807, 2.05) is 6.08 Å². The normalized spacial score (nSPS) is 14.5. The fraction of sp³-hybridized carbons (Fsp3) is 0.864. The number of ether oxygens (including phenoxy) is 1. The van der Waals surface area contributed by atoms with Crippen LogP contribution in [0.5, 0.6) is 0 Å². The van der Waals surface area contributed by atoms with Crippen molar-refractivity contribution < 1.29 is 9.53 Å². The minimum Gasteiger partial charge on any atom is -0.420 e. The molecule has 0 spiro atoms. The van der Waals surface area contributed by atoms with Gasteiger partial charge in [0.15, 0.2) is 5.76 Å². The van der Waals surface area contributed by atoms with Crippen LogP contribution in [0, 0.1) is 5.92 Å². The van der Waals surface area contributed by atoms with Crippen molar-refractivity contribution in [2.45, 2.75) is 239 Å². The summed E-state index contributed by atoms with van der Waals surface area (Å²) in [5.41, 5.74) is 3.26. The fourth-order valence-electron chi connectivity index (χ4n) is 6.76. The lowest BCUT2D eigenvalue weighted by Crippen LogP contribution is -2.30. The van der Waals surface area contributed by atoms with Crippen molar-refractivity contribution in [3.05, 3.63) is 29.7 Å². The Kier molecular flexibility index (Phi) is 32.6. The maximum Gasteiger partial charge on any atom is 0.326 e. The molecule has 1 fully saturated rings. The average molecular weight is 641 g/mol. The van der Waals surface area contributed by atoms with Crippen molar-refractivity contribution in [3.63, 3.8) is 0 Å². The van der Waals surface area contributed by atoms with E-state index in [1.54, 1.807) is 0 Å². The molecule has 1 aliphatic rings. The summed E-state index contributed by atoms with van der Waals surface area (Å²) < 4.78 is 5.26. The highest BCUT2D eigenvalue weighted by Crippen LogP contribution is 2.27. The number of unbranched alkanes of at least 4 members (excludes halogenated alkanes) is 33. The summed E-state index contributed by atoms with van der Waals surface area (Å²) in [7, 11) is 0. The van der Waals surface area contributed by atoms with Gasteiger partial charge in [0.05, 0.1) is 0 Å². The Hall–Kier alpha value is -1.27. The van der Waals surface area contributed by atoms with Gasteiger partial charge in [-0.2, -0.15) is 0 Å². The molecule has 1 rings (SSSR count). The zero-order valence-electron chi connectivity index (χ0n) is 31.4. The van der Waals surface area contributed by atoms with E-state index in [2.05, 4.69) is 31.7 Å². The molecular formula is C44H80O2. The van der Waals surface area contributed by atoms with Gasteiger partial charge in [0.2, 0.25) is 0 Å². The smallest absolute Gasteiger partial charge is 0.326 e. The molecule has 46 heavy (non-hydrogen) atoms. The molecule has 0 aliphatic carbocycles. The number of allylic oxidation sites excluding steroid dienone is 1. The number of hydrogen-bond acceptors (Lipinski definition) is 2. The van der Waals surface area contributed by atoms with Crippen LogP contribution >= 0.6 is 0 Å². The summed E-state index contributed by atoms with van der Waals surface area (Å²) in [6.07, 6.45) is 54.7. The molecule has 2 heteroatoms. The Labute approximate surface area is 289 Å². The molecule has 1 saturated heterocycles. The van der Waals surface area contributed by atoms with Gasteiger partial charge < -0.3 is 4.74 Å². The molecule has 0 aromatic heterocycles. The van der Waals surface area contributed by atoms with Crippen LogP contribution in [0.4, 0.5) is 0 Å². The Morgan fingerprint density at radius 2 is 0.761 bits per heavy atom. The summed E-state index contributed by atoms with van der Waals surface area (Å²) in [5.74, 6) is 0.421. The lowest BCUT2D eigenvalue weighted by Gasteiger charge is -2.23. The number of carbonyl (C=O) groups is 1. The van der Waals surface area contributed by atoms with Crippen LogP contribution in [0.1, 0.15) is 239 Å². The first-order chi connectivity index (χ1) is 22.8. The first-order valence-electron chi connectivity index (χ1n) is 21.1. The lowest BCUT2D eigenvalue weighted by atomic mass is 10.0. The van der Waals surface area contributed by atoms with Crippen LogP contribution in [-0.4, -0.2) is 5.97 Å². The van der Waals surface area contributed by atoms with Crippen LogP contribution in [0.15, 0.2) is 29.7 Å². The highest BCUT2D eigenvalue weighted by molar-refractivity contribution is 5.84. The highest BCUT2D eigenvalue weighted by atomic mass is 16.6. The maximum absolute atomic E-state index is 11.9. The van der Waals surface area contributed by atoms with Gasteiger partial charge in [-0.25, -0.2) is 0 Å². The predicted octanol–water partition coefficient (Wildman–Crippen LogP) is 15.4. The standard InChI is InChI=1S/C44H80O2/c1-3-5-7-9-11-13-15-17-19-21-23-25-27-29-31-33-35-37-39-41-43-42(44(45)46-43)40-38-36-34-32-30-28-26-24-22-20-18-16-14-12-10-8-6-4-2/h38-40,42H,3-37H2,1-2H3. The Balaban J connectivity index is 1.87. The highest BCUT2D eigenvalue weighted by Gasteiger charge is 2.35. The first-order valence-corrected chi connectivity index (χ1v) is 21.1. The quantitative estimate of drug-likeness (QED) is 0.0295. The van der Waals surface area contributed by atoms with E-state index in [1.165, 1.54) is 212 Å². The monoisotopic (exact) mass is 641 g/mol. The van der Waals surface area contributed by atoms with E-state index in [9.17, 15) is 4.79 Å². The van der Waals surface area contributed by atoms with Crippen LogP contribution in [0.2, 0.25) is 0 Å². The molecule has 1 aliphatic heterocycles. The van der Waals surface area contributed by atoms with Gasteiger partial charge in [-0.05, 0) is 31.8 Å². The minimum atomic E-state index is -0.187. The van der Waals surface area contributed by atoms with Gasteiger partial charge >= 0.3 is 5.97 Å². The molecule has 0 bridgehead atoms. The van der Waals surface area contributed by atoms with E-state index < -0.39 is 0 Å². The van der Waals surface area contributed by atoms with E-state index in [0.29, 0.717) is 0 Å². The predicted molar refractivity (Wildman–Crippen MR) is 203 cm³/mol. The van der Waals surface area contributed by atoms with Crippen LogP contribution in [0.25, 0.3) is 0 Å². The van der Waals surface area contributed by atoms with Crippen molar-refractivity contribution in [1.82, 2.24) is 0 Å². The molecule has 0 saturated carbocycles. The summed E-state index contributed by atoms with van der Waals surface area (Å²) in [5, 5.41) is 0. The maximum atomic E-state index is 11.9. The number of cyclic esters (lactones) is 1. The molecule has 1 atom stereocenters. The van der Waals surface area contributed by atoms with Crippen molar-refractivity contribution in [2.24, 2.45) is 5.92 Å². The van der Waals surface area contributed by atoms with Crippen LogP contribution in [-0.2, 0) is 9.53 Å². The molecule has 0 N–H and O–H groups in total. The topological polar surface area (TPSA) is 26.3 Å². The number of esters is 1. The first kappa shape index (κ1) is 42.8. The second-order valence-corrected chi connectivity index (χ2v) is 14.6. The van der Waals surface area contributed by atoms with Crippen molar-refractivity contribution in [1.29, 1.82) is 0 Å². The largest absolute Gasteiger partial charge is 0.420 e. The molecule has 1 unspecified atom stereocenters. The molecule has 0 aromatic carbocycles. The molecule has 0 aromatic rings. The molecular weight excluding hydrogens is 560 g/mol. The third kappa shape index (κ3) is 27.8. The number of hydrogen-bond donors (Lipinski definition) is 0. The fourth-order valence-corrected chi connectivity index (χ4v) is 6.76. The van der Waals surface area contributed by atoms with Gasteiger partial charge in [0.25, 0.3) is 0 Å². The molecule has 1 heterocycles. The molecule has 268 valence electrons. The van der Waals surface area contributed by atoms with Gasteiger partial charge in [0.1, 0.15) is 5.92 Å². The molecule has 2 nitrogen and oxygen atoms in total. The molecule has 0 radical (unpaired) electrons. The van der Waals surface area contributed by atoms with Gasteiger partial charge in [0, 0.05) is 0 Å². The zero-order valence-corrected chi connectivity index (χ0v) is 31.4. The van der Waals surface area contributed by atoms with E-state index in [-0.39, 0.29) is 11.9 Å². The van der Waals surface area contributed by atoms with Crippen molar-refractivity contribution >= 4 is 5.97 Å². The molecule has 0 amide bonds. The van der Waals surface area contributed by atoms with Crippen molar-refractivity contribution in [2.75, 3.05) is 0 Å². The van der Waals surface area contributed by atoms with E-state index in [0.717, 1.165) is 18.6 Å². The summed E-state index contributed by atoms with van der Waals surface area (Å²) in [6, 6.07) is 0. The average Bonchev–Trinajstić information content (AvgIpc) is 3.06. The minimum absolute atomic E-state index is 0.114. The van der Waals surface area contributed by atoms with Gasteiger partial charge in [-0.3, -0.25) is 4.79 Å². The van der Waals surface area contributed by atoms with E-state index in [4.69, 9.17) is 4.74 Å². The third-order valence-corrected chi connectivity index (χ3v) is 10.00. The Bertz CT molecular complexity index is 743. The summed E-state index contributed by atoms with van der Waals surface area (Å²) in [6.45, 7) is 4.59. The second kappa shape index (κ2) is 35.0. The SMILES string of the molecule is CCCCCCCCCCCCCCCCCCC=CC1C(=O)OC1=C=CCCCCCCCCCCCCCCCCCCC. The number of rotatable bonds is 36. The second-order valence-electron chi connectivity index (χ2n) is 14.6. The summed E-state index contributed by atoms with van der Waals surface area (Å²) in [4.78, 5) is 11.9. The van der Waals surface area contributed by atoms with Crippen LogP contribution in [0.3, 0.4) is 0 Å². The lowest BCUT2D eigenvalue weighted by molar-refractivity contribution is -0.153. The van der Waals surface area contributed by atoms with Gasteiger partial charge in [-0.1, -0.05) is 231 Å². The van der Waals surface area contributed by atoms with Gasteiger partial charge in [-0.15, -0.1) is 0 Å². The number of carbonyl (C=O) groups excluding carboxylic acids is 1. The van der Waals surface area contributed by atoms with Crippen LogP contribution < -0.4 is 0 Å². The Morgan fingerprint density at radius 1 is 0.457 bits per heavy atom. The summed E-state index contributed by atoms with van der Waals surface area (Å²) >= 11 is 0. The van der Waals surface area contributed by atoms with Crippen molar-refractivity contribution in [3.8, 4) is 0 Å². The zero-order chi connectivity index (χ0) is 33.0. The Morgan fingerprint density at radius 3 is 1.09 bits per heavy atom. The third-order valence-electron chi connectivity index (χ3n) is 10.00. The van der Waals surface area contributed by atoms with E-state index >= 15 is 0 Å².